The summed E-state index contributed by atoms with van der Waals surface area (Å²) < 4.78 is 1.04. The molecule has 0 saturated carbocycles. The van der Waals surface area contributed by atoms with Gasteiger partial charge in [0.05, 0.1) is 6.34 Å². The summed E-state index contributed by atoms with van der Waals surface area (Å²) in [6, 6.07) is 12.4. The highest BCUT2D eigenvalue weighted by atomic mass is 79.9. The van der Waals surface area contributed by atoms with Gasteiger partial charge in [-0.3, -0.25) is 15.0 Å². The zero-order valence-corrected chi connectivity index (χ0v) is 13.6. The van der Waals surface area contributed by atoms with Gasteiger partial charge in [-0.1, -0.05) is 28.1 Å². The minimum Gasteiger partial charge on any atom is -0.319 e. The number of halogens is 1. The van der Waals surface area contributed by atoms with Crippen molar-refractivity contribution in [2.75, 3.05) is 13.1 Å². The van der Waals surface area contributed by atoms with Crippen molar-refractivity contribution in [3.05, 3.63) is 64.4 Å². The second kappa shape index (κ2) is 5.32. The monoisotopic (exact) mass is 354 g/mol. The number of benzene rings is 1. The highest BCUT2D eigenvalue weighted by Gasteiger charge is 2.46. The summed E-state index contributed by atoms with van der Waals surface area (Å²) in [6.07, 6.45) is 6.63. The van der Waals surface area contributed by atoms with E-state index in [0.29, 0.717) is 0 Å². The standard InChI is InChI=1S/C17H15BrN4/c18-15-4-1-3-14(11-15)17(13-5-8-19-9-6-13)16-20-7-2-10-22(16)12-21-17/h1,3-6,8-9,11-12H,2,7,10H2. The molecular weight excluding hydrogens is 340 g/mol. The first-order chi connectivity index (χ1) is 10.8. The summed E-state index contributed by atoms with van der Waals surface area (Å²) in [5.41, 5.74) is 1.65. The van der Waals surface area contributed by atoms with Crippen molar-refractivity contribution in [1.29, 1.82) is 0 Å². The first-order valence-electron chi connectivity index (χ1n) is 7.34. The Hall–Kier alpha value is -2.01. The molecule has 0 aliphatic carbocycles. The molecule has 2 aromatic rings. The van der Waals surface area contributed by atoms with Crippen LogP contribution in [0.4, 0.5) is 0 Å². The lowest BCUT2D eigenvalue weighted by Gasteiger charge is -2.32. The molecule has 4 rings (SSSR count). The van der Waals surface area contributed by atoms with Gasteiger partial charge in [0, 0.05) is 30.0 Å². The first-order valence-corrected chi connectivity index (χ1v) is 8.13. The lowest BCUT2D eigenvalue weighted by Crippen LogP contribution is -2.43. The van der Waals surface area contributed by atoms with Crippen LogP contribution >= 0.6 is 15.9 Å². The lowest BCUT2D eigenvalue weighted by atomic mass is 9.82. The minimum atomic E-state index is -0.562. The number of aliphatic imine (C=N–C) groups is 2. The van der Waals surface area contributed by atoms with E-state index in [0.717, 1.165) is 40.9 Å². The van der Waals surface area contributed by atoms with Crippen LogP contribution in [0.2, 0.25) is 0 Å². The van der Waals surface area contributed by atoms with Gasteiger partial charge in [-0.15, -0.1) is 0 Å². The number of nitrogens with zero attached hydrogens (tertiary/aromatic N) is 4. The van der Waals surface area contributed by atoms with E-state index in [2.05, 4.69) is 37.9 Å². The fraction of sp³-hybridized carbons (Fsp3) is 0.235. The van der Waals surface area contributed by atoms with Crippen LogP contribution in [0.25, 0.3) is 0 Å². The number of hydrogen-bond donors (Lipinski definition) is 0. The molecule has 1 aromatic heterocycles. The molecule has 0 amide bonds. The van der Waals surface area contributed by atoms with Gasteiger partial charge < -0.3 is 4.90 Å². The molecular formula is C17H15BrN4. The lowest BCUT2D eigenvalue weighted by molar-refractivity contribution is 0.541. The smallest absolute Gasteiger partial charge is 0.170 e. The second-order valence-corrected chi connectivity index (χ2v) is 6.37. The normalized spacial score (nSPS) is 23.3. The average molecular weight is 355 g/mol. The van der Waals surface area contributed by atoms with Crippen LogP contribution < -0.4 is 0 Å². The molecule has 1 aromatic carbocycles. The molecule has 0 radical (unpaired) electrons. The highest BCUT2D eigenvalue weighted by Crippen LogP contribution is 2.40. The molecule has 0 fully saturated rings. The Bertz CT molecular complexity index is 756. The topological polar surface area (TPSA) is 40.9 Å². The summed E-state index contributed by atoms with van der Waals surface area (Å²) in [6.45, 7) is 1.83. The Morgan fingerprint density at radius 3 is 2.77 bits per heavy atom. The fourth-order valence-corrected chi connectivity index (χ4v) is 3.55. The predicted molar refractivity (Wildman–Crippen MR) is 91.3 cm³/mol. The third-order valence-electron chi connectivity index (χ3n) is 4.15. The van der Waals surface area contributed by atoms with Crippen LogP contribution in [0.3, 0.4) is 0 Å². The fourth-order valence-electron chi connectivity index (χ4n) is 3.15. The van der Waals surface area contributed by atoms with E-state index in [4.69, 9.17) is 9.98 Å². The number of amidine groups is 1. The molecule has 0 N–H and O–H groups in total. The molecule has 110 valence electrons. The van der Waals surface area contributed by atoms with Gasteiger partial charge in [0.1, 0.15) is 5.84 Å². The van der Waals surface area contributed by atoms with E-state index in [1.807, 2.05) is 43.0 Å². The van der Waals surface area contributed by atoms with Crippen LogP contribution in [-0.4, -0.2) is 35.1 Å². The minimum absolute atomic E-state index is 0.562. The van der Waals surface area contributed by atoms with Crippen molar-refractivity contribution in [3.63, 3.8) is 0 Å². The second-order valence-electron chi connectivity index (χ2n) is 5.45. The Labute approximate surface area is 137 Å². The number of hydrogen-bond acceptors (Lipinski definition) is 4. The van der Waals surface area contributed by atoms with Gasteiger partial charge in [-0.05, 0) is 41.8 Å². The highest BCUT2D eigenvalue weighted by molar-refractivity contribution is 9.10. The zero-order chi connectivity index (χ0) is 15.0. The maximum atomic E-state index is 4.91. The van der Waals surface area contributed by atoms with Crippen LogP contribution in [0.5, 0.6) is 0 Å². The van der Waals surface area contributed by atoms with Crippen LogP contribution in [0.15, 0.2) is 63.2 Å². The Morgan fingerprint density at radius 2 is 1.95 bits per heavy atom. The quantitative estimate of drug-likeness (QED) is 0.830. The summed E-state index contributed by atoms with van der Waals surface area (Å²) in [5, 5.41) is 0. The molecule has 0 saturated heterocycles. The van der Waals surface area contributed by atoms with E-state index in [9.17, 15) is 0 Å². The third-order valence-corrected chi connectivity index (χ3v) is 4.64. The molecule has 1 atom stereocenters. The first kappa shape index (κ1) is 13.6. The van der Waals surface area contributed by atoms with E-state index >= 15 is 0 Å². The number of rotatable bonds is 2. The number of fused-ring (bicyclic) bond motifs is 1. The molecule has 2 aliphatic heterocycles. The summed E-state index contributed by atoms with van der Waals surface area (Å²) in [7, 11) is 0. The van der Waals surface area contributed by atoms with Crippen LogP contribution in [0, 0.1) is 0 Å². The Balaban J connectivity index is 1.97. The van der Waals surface area contributed by atoms with Crippen LogP contribution in [-0.2, 0) is 5.54 Å². The van der Waals surface area contributed by atoms with Crippen molar-refractivity contribution in [2.24, 2.45) is 9.98 Å². The average Bonchev–Trinajstić information content (AvgIpc) is 2.96. The number of pyridine rings is 1. The van der Waals surface area contributed by atoms with Crippen molar-refractivity contribution < 1.29 is 0 Å². The third kappa shape index (κ3) is 2.00. The van der Waals surface area contributed by atoms with E-state index in [1.165, 1.54) is 0 Å². The molecule has 0 spiro atoms. The van der Waals surface area contributed by atoms with Crippen molar-refractivity contribution >= 4 is 28.1 Å². The molecule has 5 heteroatoms. The molecule has 4 nitrogen and oxygen atoms in total. The van der Waals surface area contributed by atoms with Gasteiger partial charge in [0.2, 0.25) is 0 Å². The van der Waals surface area contributed by atoms with Crippen LogP contribution in [0.1, 0.15) is 17.5 Å². The Kier molecular flexibility index (Phi) is 3.30. The SMILES string of the molecule is Brc1cccc(C2(c3ccncc3)N=CN3CCCN=C32)c1. The van der Waals surface area contributed by atoms with Crippen molar-refractivity contribution in [2.45, 2.75) is 12.0 Å². The predicted octanol–water partition coefficient (Wildman–Crippen LogP) is 3.23. The zero-order valence-electron chi connectivity index (χ0n) is 12.0. The maximum absolute atomic E-state index is 4.91. The van der Waals surface area contributed by atoms with Gasteiger partial charge in [-0.25, -0.2) is 0 Å². The molecule has 1 unspecified atom stereocenters. The van der Waals surface area contributed by atoms with E-state index in [-0.39, 0.29) is 0 Å². The molecule has 2 aliphatic rings. The Morgan fingerprint density at radius 1 is 1.09 bits per heavy atom. The van der Waals surface area contributed by atoms with Crippen molar-refractivity contribution in [3.8, 4) is 0 Å². The molecule has 0 bridgehead atoms. The summed E-state index contributed by atoms with van der Waals surface area (Å²) in [5.74, 6) is 1.02. The number of aromatic nitrogens is 1. The van der Waals surface area contributed by atoms with Gasteiger partial charge in [0.25, 0.3) is 0 Å². The van der Waals surface area contributed by atoms with E-state index < -0.39 is 5.54 Å². The largest absolute Gasteiger partial charge is 0.319 e. The van der Waals surface area contributed by atoms with Gasteiger partial charge >= 0.3 is 0 Å². The molecule has 22 heavy (non-hydrogen) atoms. The van der Waals surface area contributed by atoms with Crippen molar-refractivity contribution in [1.82, 2.24) is 9.88 Å². The summed E-state index contributed by atoms with van der Waals surface area (Å²) >= 11 is 3.58. The van der Waals surface area contributed by atoms with Gasteiger partial charge in [-0.2, -0.15) is 0 Å². The summed E-state index contributed by atoms with van der Waals surface area (Å²) in [4.78, 5) is 16.0. The maximum Gasteiger partial charge on any atom is 0.170 e. The molecule has 3 heterocycles. The van der Waals surface area contributed by atoms with Gasteiger partial charge in [0.15, 0.2) is 5.54 Å². The van der Waals surface area contributed by atoms with E-state index in [1.54, 1.807) is 0 Å².